The van der Waals surface area contributed by atoms with Crippen LogP contribution in [0.1, 0.15) is 40.5 Å². The molecule has 0 spiro atoms. The monoisotopic (exact) mass is 375 g/mol. The number of anilines is 1. The van der Waals surface area contributed by atoms with Gasteiger partial charge in [0.1, 0.15) is 0 Å². The molecule has 0 saturated carbocycles. The fourth-order valence-electron chi connectivity index (χ4n) is 5.45. The molecule has 2 bridgehead atoms. The van der Waals surface area contributed by atoms with Crippen LogP contribution < -0.4 is 5.32 Å². The fraction of sp³-hybridized carbons (Fsp3) is 0.148. The fourth-order valence-corrected chi connectivity index (χ4v) is 5.45. The van der Waals surface area contributed by atoms with E-state index in [0.717, 1.165) is 22.9 Å². The van der Waals surface area contributed by atoms with E-state index in [1.165, 1.54) is 22.3 Å². The number of hydrogen-bond donors (Lipinski definition) is 1. The predicted octanol–water partition coefficient (Wildman–Crippen LogP) is 6.08. The molecule has 29 heavy (non-hydrogen) atoms. The summed E-state index contributed by atoms with van der Waals surface area (Å²) in [6.45, 7) is 0. The Morgan fingerprint density at radius 1 is 0.690 bits per heavy atom. The number of benzene rings is 4. The highest BCUT2D eigenvalue weighted by atomic mass is 16.1. The predicted molar refractivity (Wildman–Crippen MR) is 117 cm³/mol. The zero-order chi connectivity index (χ0) is 19.4. The van der Waals surface area contributed by atoms with Crippen molar-refractivity contribution in [3.05, 3.63) is 113 Å². The molecular formula is C27H21NO. The summed E-state index contributed by atoms with van der Waals surface area (Å²) >= 11 is 0. The molecule has 0 fully saturated rings. The quantitative estimate of drug-likeness (QED) is 0.452. The minimum absolute atomic E-state index is 0.0521. The van der Waals surface area contributed by atoms with Crippen LogP contribution in [-0.2, 0) is 4.79 Å². The van der Waals surface area contributed by atoms with Crippen molar-refractivity contribution in [1.82, 2.24) is 0 Å². The SMILES string of the molecule is O=C(Nc1cccc2ccccc12)[C@H]1CC2c3ccccc3C1c1ccccc12. The minimum Gasteiger partial charge on any atom is -0.325 e. The van der Waals surface area contributed by atoms with Gasteiger partial charge in [-0.05, 0) is 40.1 Å². The van der Waals surface area contributed by atoms with Crippen LogP contribution in [0.3, 0.4) is 0 Å². The summed E-state index contributed by atoms with van der Waals surface area (Å²) in [6, 6.07) is 31.6. The summed E-state index contributed by atoms with van der Waals surface area (Å²) in [7, 11) is 0. The Morgan fingerprint density at radius 3 is 2.00 bits per heavy atom. The lowest BCUT2D eigenvalue weighted by atomic mass is 9.59. The number of amides is 1. The molecule has 7 rings (SSSR count). The number of fused-ring (bicyclic) bond motifs is 2. The van der Waals surface area contributed by atoms with Gasteiger partial charge in [0, 0.05) is 22.9 Å². The van der Waals surface area contributed by atoms with Gasteiger partial charge in [0.2, 0.25) is 5.91 Å². The zero-order valence-electron chi connectivity index (χ0n) is 16.0. The largest absolute Gasteiger partial charge is 0.325 e. The Balaban J connectivity index is 1.42. The highest BCUT2D eigenvalue weighted by Crippen LogP contribution is 2.55. The molecule has 2 nitrogen and oxygen atoms in total. The van der Waals surface area contributed by atoms with E-state index in [4.69, 9.17) is 0 Å². The van der Waals surface area contributed by atoms with E-state index in [1.54, 1.807) is 0 Å². The van der Waals surface area contributed by atoms with Crippen LogP contribution in [0.15, 0.2) is 91.0 Å². The molecule has 0 heterocycles. The van der Waals surface area contributed by atoms with Crippen LogP contribution in [0.4, 0.5) is 5.69 Å². The molecule has 1 atom stereocenters. The summed E-state index contributed by atoms with van der Waals surface area (Å²) in [5, 5.41) is 5.49. The summed E-state index contributed by atoms with van der Waals surface area (Å²) in [6.07, 6.45) is 0.870. The lowest BCUT2D eigenvalue weighted by Crippen LogP contribution is -2.38. The maximum Gasteiger partial charge on any atom is 0.228 e. The van der Waals surface area contributed by atoms with Crippen molar-refractivity contribution >= 4 is 22.4 Å². The van der Waals surface area contributed by atoms with Crippen LogP contribution in [0.5, 0.6) is 0 Å². The van der Waals surface area contributed by atoms with Crippen molar-refractivity contribution in [2.45, 2.75) is 18.3 Å². The molecule has 0 aromatic heterocycles. The Kier molecular flexibility index (Phi) is 3.60. The molecule has 0 aliphatic heterocycles. The molecule has 3 aliphatic rings. The van der Waals surface area contributed by atoms with Gasteiger partial charge in [0.25, 0.3) is 0 Å². The molecule has 3 aliphatic carbocycles. The van der Waals surface area contributed by atoms with Crippen molar-refractivity contribution in [2.75, 3.05) is 5.32 Å². The number of carbonyl (C=O) groups is 1. The second-order valence-corrected chi connectivity index (χ2v) is 8.15. The van der Waals surface area contributed by atoms with Crippen molar-refractivity contribution < 1.29 is 4.79 Å². The first-order valence-electron chi connectivity index (χ1n) is 10.3. The first-order valence-corrected chi connectivity index (χ1v) is 10.3. The summed E-state index contributed by atoms with van der Waals surface area (Å²) in [5.41, 5.74) is 6.33. The van der Waals surface area contributed by atoms with Crippen molar-refractivity contribution in [1.29, 1.82) is 0 Å². The molecule has 0 saturated heterocycles. The Labute approximate surface area is 170 Å². The molecule has 0 unspecified atom stereocenters. The summed E-state index contributed by atoms with van der Waals surface area (Å²) in [5.74, 6) is 0.502. The average molecular weight is 375 g/mol. The third-order valence-corrected chi connectivity index (χ3v) is 6.69. The van der Waals surface area contributed by atoms with Crippen LogP contribution in [0.25, 0.3) is 10.8 Å². The standard InChI is InChI=1S/C27H21NO/c29-27(28-25-15-7-9-17-8-1-2-10-18(17)25)24-16-23-19-11-3-5-13-21(19)26(24)22-14-6-4-12-20(22)23/h1-15,23-24,26H,16H2,(H,28,29)/t23?,24-,26?/m0/s1. The molecule has 4 aromatic rings. The maximum absolute atomic E-state index is 13.5. The molecule has 0 radical (unpaired) electrons. The highest BCUT2D eigenvalue weighted by molar-refractivity contribution is 6.03. The molecule has 4 aromatic carbocycles. The minimum atomic E-state index is -0.0521. The van der Waals surface area contributed by atoms with Crippen LogP contribution in [0, 0.1) is 5.92 Å². The second-order valence-electron chi connectivity index (χ2n) is 8.15. The first kappa shape index (κ1) is 16.6. The highest BCUT2D eigenvalue weighted by Gasteiger charge is 2.45. The third-order valence-electron chi connectivity index (χ3n) is 6.69. The van der Waals surface area contributed by atoms with Gasteiger partial charge < -0.3 is 5.32 Å². The van der Waals surface area contributed by atoms with E-state index in [9.17, 15) is 4.79 Å². The molecule has 2 heteroatoms. The smallest absolute Gasteiger partial charge is 0.228 e. The Hall–Kier alpha value is -3.39. The van der Waals surface area contributed by atoms with Gasteiger partial charge >= 0.3 is 0 Å². The van der Waals surface area contributed by atoms with Crippen LogP contribution >= 0.6 is 0 Å². The van der Waals surface area contributed by atoms with Crippen molar-refractivity contribution in [2.24, 2.45) is 5.92 Å². The molecule has 140 valence electrons. The van der Waals surface area contributed by atoms with E-state index in [0.29, 0.717) is 5.92 Å². The van der Waals surface area contributed by atoms with Gasteiger partial charge in [-0.15, -0.1) is 0 Å². The molecule has 1 N–H and O–H groups in total. The van der Waals surface area contributed by atoms with Gasteiger partial charge in [0.15, 0.2) is 0 Å². The normalized spacial score (nSPS) is 21.4. The number of nitrogens with one attached hydrogen (secondary N) is 1. The maximum atomic E-state index is 13.5. The number of hydrogen-bond acceptors (Lipinski definition) is 1. The van der Waals surface area contributed by atoms with Gasteiger partial charge in [0.05, 0.1) is 5.92 Å². The summed E-state index contributed by atoms with van der Waals surface area (Å²) in [4.78, 5) is 13.5. The van der Waals surface area contributed by atoms with Crippen molar-refractivity contribution in [3.8, 4) is 0 Å². The Morgan fingerprint density at radius 2 is 1.28 bits per heavy atom. The van der Waals surface area contributed by atoms with Gasteiger partial charge in [-0.25, -0.2) is 0 Å². The van der Waals surface area contributed by atoms with Crippen LogP contribution in [0.2, 0.25) is 0 Å². The van der Waals surface area contributed by atoms with Crippen LogP contribution in [-0.4, -0.2) is 5.91 Å². The van der Waals surface area contributed by atoms with E-state index in [2.05, 4.69) is 72.0 Å². The van der Waals surface area contributed by atoms with E-state index >= 15 is 0 Å². The number of carbonyl (C=O) groups excluding carboxylic acids is 1. The lowest BCUT2D eigenvalue weighted by Gasteiger charge is -2.44. The summed E-state index contributed by atoms with van der Waals surface area (Å²) < 4.78 is 0. The average Bonchev–Trinajstić information content (AvgIpc) is 2.79. The van der Waals surface area contributed by atoms with Gasteiger partial charge in [-0.3, -0.25) is 4.79 Å². The topological polar surface area (TPSA) is 29.1 Å². The van der Waals surface area contributed by atoms with Gasteiger partial charge in [-0.2, -0.15) is 0 Å². The molecule has 1 amide bonds. The third kappa shape index (κ3) is 2.45. The lowest BCUT2D eigenvalue weighted by molar-refractivity contribution is -0.121. The van der Waals surface area contributed by atoms with Crippen molar-refractivity contribution in [3.63, 3.8) is 0 Å². The zero-order valence-corrected chi connectivity index (χ0v) is 16.0. The number of rotatable bonds is 2. The molecular weight excluding hydrogens is 354 g/mol. The second kappa shape index (κ2) is 6.31. The van der Waals surface area contributed by atoms with Gasteiger partial charge in [-0.1, -0.05) is 84.9 Å². The van der Waals surface area contributed by atoms with E-state index < -0.39 is 0 Å². The van der Waals surface area contributed by atoms with E-state index in [-0.39, 0.29) is 17.7 Å². The first-order chi connectivity index (χ1) is 14.3. The van der Waals surface area contributed by atoms with E-state index in [1.807, 2.05) is 24.3 Å². The Bertz CT molecular complexity index is 1210.